The van der Waals surface area contributed by atoms with Crippen molar-refractivity contribution in [1.82, 2.24) is 4.98 Å². The molecule has 6 nitrogen and oxygen atoms in total. The van der Waals surface area contributed by atoms with Crippen molar-refractivity contribution in [2.75, 3.05) is 5.43 Å². The van der Waals surface area contributed by atoms with E-state index in [1.54, 1.807) is 12.1 Å². The number of nitro benzene ring substituents is 1. The molecule has 1 saturated carbocycles. The molecule has 1 aromatic heterocycles. The molecule has 0 aliphatic heterocycles. The molecule has 0 unspecified atom stereocenters. The Bertz CT molecular complexity index is 647. The first kappa shape index (κ1) is 12.7. The minimum absolute atomic E-state index is 0.0800. The Kier molecular flexibility index (Phi) is 3.42. The van der Waals surface area contributed by atoms with Crippen LogP contribution in [0.1, 0.15) is 12.8 Å². The summed E-state index contributed by atoms with van der Waals surface area (Å²) in [6.45, 7) is 0. The Morgan fingerprint density at radius 1 is 1.40 bits per heavy atom. The summed E-state index contributed by atoms with van der Waals surface area (Å²) in [5, 5.41) is 17.3. The molecule has 1 aromatic carbocycles. The maximum absolute atomic E-state index is 10.6. The van der Waals surface area contributed by atoms with Crippen molar-refractivity contribution >= 4 is 28.4 Å². The van der Waals surface area contributed by atoms with E-state index in [1.165, 1.54) is 36.3 Å². The molecular formula is C13H12N4O2S. The fourth-order valence-electron chi connectivity index (χ4n) is 1.65. The Morgan fingerprint density at radius 2 is 2.15 bits per heavy atom. The van der Waals surface area contributed by atoms with E-state index in [1.807, 2.05) is 11.6 Å². The van der Waals surface area contributed by atoms with Crippen molar-refractivity contribution in [1.29, 1.82) is 0 Å². The highest BCUT2D eigenvalue weighted by Gasteiger charge is 2.18. The largest absolute Gasteiger partial charge is 0.269 e. The lowest BCUT2D eigenvalue weighted by Crippen LogP contribution is -1.90. The number of thiazole rings is 1. The van der Waals surface area contributed by atoms with Crippen LogP contribution in [-0.4, -0.2) is 16.1 Å². The summed E-state index contributed by atoms with van der Waals surface area (Å²) >= 11 is 1.46. The van der Waals surface area contributed by atoms with Gasteiger partial charge in [0, 0.05) is 29.3 Å². The van der Waals surface area contributed by atoms with Crippen LogP contribution in [0, 0.1) is 16.0 Å². The average molecular weight is 288 g/mol. The van der Waals surface area contributed by atoms with Crippen molar-refractivity contribution < 1.29 is 4.92 Å². The molecule has 0 radical (unpaired) electrons. The number of nitrogens with one attached hydrogen (secondary N) is 1. The monoisotopic (exact) mass is 288 g/mol. The molecule has 0 amide bonds. The first-order valence-electron chi connectivity index (χ1n) is 6.22. The molecule has 0 spiro atoms. The molecule has 0 saturated heterocycles. The predicted molar refractivity (Wildman–Crippen MR) is 79.0 cm³/mol. The van der Waals surface area contributed by atoms with Crippen LogP contribution in [0.3, 0.4) is 0 Å². The summed E-state index contributed by atoms with van der Waals surface area (Å²) in [5.74, 6) is 0.622. The number of nitro groups is 1. The van der Waals surface area contributed by atoms with E-state index in [4.69, 9.17) is 0 Å². The zero-order valence-corrected chi connectivity index (χ0v) is 11.3. The van der Waals surface area contributed by atoms with Crippen LogP contribution in [0.15, 0.2) is 34.7 Å². The van der Waals surface area contributed by atoms with Crippen molar-refractivity contribution in [3.63, 3.8) is 0 Å². The third kappa shape index (κ3) is 3.00. The number of non-ortho nitro benzene ring substituents is 1. The molecule has 2 aromatic rings. The standard InChI is InChI=1S/C13H12N4O2S/c18-17(19)11-5-3-10(4-6-11)12-8-20-13(15-12)16-14-7-9-1-2-9/h3-9H,1-2H2,(H,15,16)/b14-7+. The van der Waals surface area contributed by atoms with Crippen LogP contribution in [-0.2, 0) is 0 Å². The molecule has 1 aliphatic rings. The number of rotatable bonds is 5. The number of nitrogens with zero attached hydrogens (tertiary/aromatic N) is 3. The molecule has 7 heteroatoms. The van der Waals surface area contributed by atoms with Crippen molar-refractivity contribution in [3.05, 3.63) is 39.8 Å². The fraction of sp³-hybridized carbons (Fsp3) is 0.231. The van der Waals surface area contributed by atoms with E-state index >= 15 is 0 Å². The first-order chi connectivity index (χ1) is 9.72. The van der Waals surface area contributed by atoms with Crippen molar-refractivity contribution in [2.24, 2.45) is 11.0 Å². The van der Waals surface area contributed by atoms with Gasteiger partial charge in [-0.25, -0.2) is 4.98 Å². The summed E-state index contributed by atoms with van der Waals surface area (Å²) in [4.78, 5) is 14.6. The Morgan fingerprint density at radius 3 is 2.80 bits per heavy atom. The molecule has 1 N–H and O–H groups in total. The molecule has 0 bridgehead atoms. The van der Waals surface area contributed by atoms with Gasteiger partial charge in [0.05, 0.1) is 10.6 Å². The van der Waals surface area contributed by atoms with Gasteiger partial charge in [-0.05, 0) is 30.9 Å². The summed E-state index contributed by atoms with van der Waals surface area (Å²) in [7, 11) is 0. The molecular weight excluding hydrogens is 276 g/mol. The van der Waals surface area contributed by atoms with Gasteiger partial charge in [-0.15, -0.1) is 11.3 Å². The number of hydrazone groups is 1. The third-order valence-electron chi connectivity index (χ3n) is 2.95. The minimum atomic E-state index is -0.412. The van der Waals surface area contributed by atoms with Crippen LogP contribution in [0.2, 0.25) is 0 Å². The van der Waals surface area contributed by atoms with Crippen LogP contribution < -0.4 is 5.43 Å². The quantitative estimate of drug-likeness (QED) is 0.518. The highest BCUT2D eigenvalue weighted by molar-refractivity contribution is 7.14. The zero-order valence-electron chi connectivity index (χ0n) is 10.5. The number of hydrogen-bond acceptors (Lipinski definition) is 6. The van der Waals surface area contributed by atoms with Crippen molar-refractivity contribution in [2.45, 2.75) is 12.8 Å². The van der Waals surface area contributed by atoms with Gasteiger partial charge >= 0.3 is 0 Å². The van der Waals surface area contributed by atoms with E-state index in [9.17, 15) is 10.1 Å². The van der Waals surface area contributed by atoms with Crippen LogP contribution in [0.25, 0.3) is 11.3 Å². The topological polar surface area (TPSA) is 80.4 Å². The second-order valence-corrected chi connectivity index (χ2v) is 5.43. The first-order valence-corrected chi connectivity index (χ1v) is 7.10. The van der Waals surface area contributed by atoms with Gasteiger partial charge in [0.15, 0.2) is 0 Å². The number of hydrogen-bond donors (Lipinski definition) is 1. The van der Waals surface area contributed by atoms with E-state index < -0.39 is 4.92 Å². The molecule has 20 heavy (non-hydrogen) atoms. The lowest BCUT2D eigenvalue weighted by molar-refractivity contribution is -0.384. The molecule has 1 aliphatic carbocycles. The van der Waals surface area contributed by atoms with E-state index in [0.717, 1.165) is 16.4 Å². The van der Waals surface area contributed by atoms with E-state index in [2.05, 4.69) is 15.5 Å². The summed E-state index contributed by atoms with van der Waals surface area (Å²) in [6.07, 6.45) is 4.35. The Labute approximate surface area is 119 Å². The van der Waals surface area contributed by atoms with Gasteiger partial charge in [0.2, 0.25) is 5.13 Å². The number of anilines is 1. The zero-order chi connectivity index (χ0) is 13.9. The van der Waals surface area contributed by atoms with Gasteiger partial charge in [-0.1, -0.05) is 0 Å². The van der Waals surface area contributed by atoms with Gasteiger partial charge in [-0.2, -0.15) is 5.10 Å². The second-order valence-electron chi connectivity index (χ2n) is 4.57. The SMILES string of the molecule is O=[N+]([O-])c1ccc(-c2csc(N/N=C/C3CC3)n2)cc1. The maximum Gasteiger partial charge on any atom is 0.269 e. The van der Waals surface area contributed by atoms with E-state index in [-0.39, 0.29) is 5.69 Å². The minimum Gasteiger partial charge on any atom is -0.258 e. The number of aromatic nitrogens is 1. The molecule has 1 heterocycles. The maximum atomic E-state index is 10.6. The predicted octanol–water partition coefficient (Wildman–Crippen LogP) is 3.53. The van der Waals surface area contributed by atoms with Gasteiger partial charge in [-0.3, -0.25) is 15.5 Å². The number of benzene rings is 1. The van der Waals surface area contributed by atoms with Crippen LogP contribution >= 0.6 is 11.3 Å². The van der Waals surface area contributed by atoms with Crippen LogP contribution in [0.5, 0.6) is 0 Å². The molecule has 1 fully saturated rings. The second kappa shape index (κ2) is 5.38. The smallest absolute Gasteiger partial charge is 0.258 e. The Hall–Kier alpha value is -2.28. The van der Waals surface area contributed by atoms with E-state index in [0.29, 0.717) is 5.92 Å². The lowest BCUT2D eigenvalue weighted by Gasteiger charge is -1.96. The van der Waals surface area contributed by atoms with Crippen LogP contribution in [0.4, 0.5) is 10.8 Å². The lowest BCUT2D eigenvalue weighted by atomic mass is 10.1. The highest BCUT2D eigenvalue weighted by Crippen LogP contribution is 2.28. The Balaban J connectivity index is 1.70. The van der Waals surface area contributed by atoms with Gasteiger partial charge in [0.25, 0.3) is 5.69 Å². The fourth-order valence-corrected chi connectivity index (χ4v) is 2.32. The summed E-state index contributed by atoms with van der Waals surface area (Å²) in [5.41, 5.74) is 4.62. The normalized spacial score (nSPS) is 14.6. The van der Waals surface area contributed by atoms with Crippen molar-refractivity contribution in [3.8, 4) is 11.3 Å². The van der Waals surface area contributed by atoms with Gasteiger partial charge in [0.1, 0.15) is 0 Å². The van der Waals surface area contributed by atoms with Gasteiger partial charge < -0.3 is 0 Å². The average Bonchev–Trinajstić information content (AvgIpc) is 3.15. The summed E-state index contributed by atoms with van der Waals surface area (Å²) in [6, 6.07) is 6.36. The molecule has 3 rings (SSSR count). The summed E-state index contributed by atoms with van der Waals surface area (Å²) < 4.78 is 0. The molecule has 0 atom stereocenters. The molecule has 102 valence electrons. The third-order valence-corrected chi connectivity index (χ3v) is 3.69. The highest BCUT2D eigenvalue weighted by atomic mass is 32.1.